The van der Waals surface area contributed by atoms with E-state index in [1.54, 1.807) is 36.4 Å². The summed E-state index contributed by atoms with van der Waals surface area (Å²) in [5.41, 5.74) is 4.03. The van der Waals surface area contributed by atoms with E-state index in [1.807, 2.05) is 0 Å². The second kappa shape index (κ2) is 8.04. The largest absolute Gasteiger partial charge is 0.352 e. The number of hydrazone groups is 1. The van der Waals surface area contributed by atoms with Crippen molar-refractivity contribution in [3.8, 4) is 0 Å². The normalized spacial score (nSPS) is 16.2. The Hall–Kier alpha value is -1.82. The Balaban J connectivity index is 1.91. The van der Waals surface area contributed by atoms with E-state index in [0.29, 0.717) is 27.1 Å². The third-order valence-corrected chi connectivity index (χ3v) is 4.68. The lowest BCUT2D eigenvalue weighted by Gasteiger charge is -2.34. The number of piperazine rings is 1. The Labute approximate surface area is 156 Å². The maximum absolute atomic E-state index is 14.3. The number of anilines is 1. The minimum Gasteiger partial charge on any atom is -0.352 e. The van der Waals surface area contributed by atoms with Gasteiger partial charge in [-0.2, -0.15) is 5.10 Å². The van der Waals surface area contributed by atoms with Gasteiger partial charge in [0.1, 0.15) is 5.82 Å². The monoisotopic (exact) mass is 380 g/mol. The van der Waals surface area contributed by atoms with Gasteiger partial charge in [0, 0.05) is 31.2 Å². The quantitative estimate of drug-likeness (QED) is 0.492. The number of nitrogens with one attached hydrogen (secondary N) is 1. The third kappa shape index (κ3) is 4.42. The molecule has 1 aliphatic rings. The minimum absolute atomic E-state index is 0.302. The number of amidine groups is 1. The lowest BCUT2D eigenvalue weighted by atomic mass is 10.1. The molecule has 132 valence electrons. The Morgan fingerprint density at radius 2 is 1.80 bits per heavy atom. The summed E-state index contributed by atoms with van der Waals surface area (Å²) in [6.07, 6.45) is 0. The first kappa shape index (κ1) is 18.0. The van der Waals surface area contributed by atoms with Gasteiger partial charge in [-0.15, -0.1) is 0 Å². The average Bonchev–Trinajstić information content (AvgIpc) is 2.59. The predicted octanol–water partition coefficient (Wildman–Crippen LogP) is 4.15. The number of benzene rings is 2. The van der Waals surface area contributed by atoms with Gasteiger partial charge in [0.2, 0.25) is 0 Å². The standard InChI is InChI=1S/C18H19Cl2FN4/c1-24-8-10-25(11-9-24)18(14-4-2-3-5-16(14)21)23-22-17-7-6-13(19)12-15(17)20/h2-7,12,22H,8-11H2,1H3. The fourth-order valence-electron chi connectivity index (χ4n) is 2.66. The van der Waals surface area contributed by atoms with Crippen molar-refractivity contribution in [2.75, 3.05) is 38.7 Å². The number of hydrogen-bond donors (Lipinski definition) is 1. The summed E-state index contributed by atoms with van der Waals surface area (Å²) in [5, 5.41) is 5.48. The zero-order chi connectivity index (χ0) is 17.8. The molecule has 1 aliphatic heterocycles. The van der Waals surface area contributed by atoms with E-state index in [-0.39, 0.29) is 5.82 Å². The van der Waals surface area contributed by atoms with Crippen LogP contribution in [-0.2, 0) is 0 Å². The van der Waals surface area contributed by atoms with Crippen LogP contribution in [0.3, 0.4) is 0 Å². The molecule has 1 fully saturated rings. The van der Waals surface area contributed by atoms with Crippen molar-refractivity contribution < 1.29 is 4.39 Å². The zero-order valence-corrected chi connectivity index (χ0v) is 15.4. The van der Waals surface area contributed by atoms with Crippen molar-refractivity contribution in [3.05, 3.63) is 63.9 Å². The molecule has 0 amide bonds. The molecule has 0 radical (unpaired) electrons. The van der Waals surface area contributed by atoms with E-state index in [1.165, 1.54) is 6.07 Å². The molecule has 4 nitrogen and oxygen atoms in total. The topological polar surface area (TPSA) is 30.9 Å². The van der Waals surface area contributed by atoms with Crippen LogP contribution in [0.2, 0.25) is 10.0 Å². The van der Waals surface area contributed by atoms with Gasteiger partial charge < -0.3 is 9.80 Å². The van der Waals surface area contributed by atoms with Gasteiger partial charge in [-0.3, -0.25) is 5.43 Å². The molecule has 0 aliphatic carbocycles. The Morgan fingerprint density at radius 3 is 2.48 bits per heavy atom. The van der Waals surface area contributed by atoms with E-state index >= 15 is 0 Å². The molecule has 3 rings (SSSR count). The predicted molar refractivity (Wildman–Crippen MR) is 102 cm³/mol. The summed E-state index contributed by atoms with van der Waals surface area (Å²) in [7, 11) is 2.07. The first-order valence-electron chi connectivity index (χ1n) is 8.02. The Kier molecular flexibility index (Phi) is 5.78. The molecule has 0 aromatic heterocycles. The first-order chi connectivity index (χ1) is 12.0. The molecule has 0 bridgehead atoms. The molecule has 0 spiro atoms. The van der Waals surface area contributed by atoms with Crippen LogP contribution in [0.4, 0.5) is 10.1 Å². The molecule has 1 saturated heterocycles. The van der Waals surface area contributed by atoms with Crippen LogP contribution >= 0.6 is 23.2 Å². The molecule has 0 unspecified atom stereocenters. The van der Waals surface area contributed by atoms with Crippen LogP contribution in [0.5, 0.6) is 0 Å². The van der Waals surface area contributed by atoms with Crippen LogP contribution in [-0.4, -0.2) is 48.9 Å². The fourth-order valence-corrected chi connectivity index (χ4v) is 3.11. The van der Waals surface area contributed by atoms with Gasteiger partial charge in [0.25, 0.3) is 0 Å². The number of likely N-dealkylation sites (N-methyl/N-ethyl adjacent to an activating group) is 1. The maximum atomic E-state index is 14.3. The van der Waals surface area contributed by atoms with Crippen molar-refractivity contribution >= 4 is 34.7 Å². The Bertz CT molecular complexity index is 773. The minimum atomic E-state index is -0.302. The molecular weight excluding hydrogens is 362 g/mol. The Morgan fingerprint density at radius 1 is 1.08 bits per heavy atom. The van der Waals surface area contributed by atoms with E-state index in [0.717, 1.165) is 26.2 Å². The molecule has 0 atom stereocenters. The van der Waals surface area contributed by atoms with Gasteiger partial charge in [0.05, 0.1) is 16.3 Å². The number of hydrogen-bond acceptors (Lipinski definition) is 3. The highest BCUT2D eigenvalue weighted by molar-refractivity contribution is 6.36. The lowest BCUT2D eigenvalue weighted by Crippen LogP contribution is -2.47. The van der Waals surface area contributed by atoms with Crippen molar-refractivity contribution in [1.82, 2.24) is 9.80 Å². The van der Waals surface area contributed by atoms with Crippen LogP contribution in [0.15, 0.2) is 47.6 Å². The molecule has 2 aromatic carbocycles. The SMILES string of the molecule is CN1CCN(C(=NNc2ccc(Cl)cc2Cl)c2ccccc2F)CC1. The van der Waals surface area contributed by atoms with Crippen molar-refractivity contribution in [2.24, 2.45) is 5.10 Å². The maximum Gasteiger partial charge on any atom is 0.159 e. The summed E-state index contributed by atoms with van der Waals surface area (Å²) >= 11 is 12.1. The fraction of sp³-hybridized carbons (Fsp3) is 0.278. The van der Waals surface area contributed by atoms with Crippen molar-refractivity contribution in [1.29, 1.82) is 0 Å². The molecule has 1 heterocycles. The summed E-state index contributed by atoms with van der Waals surface area (Å²) in [4.78, 5) is 4.31. The van der Waals surface area contributed by atoms with Crippen LogP contribution in [0, 0.1) is 5.82 Å². The second-order valence-corrected chi connectivity index (χ2v) is 6.79. The average molecular weight is 381 g/mol. The van der Waals surface area contributed by atoms with E-state index in [2.05, 4.69) is 27.4 Å². The van der Waals surface area contributed by atoms with E-state index < -0.39 is 0 Å². The molecule has 25 heavy (non-hydrogen) atoms. The summed E-state index contributed by atoms with van der Waals surface area (Å²) < 4.78 is 14.3. The van der Waals surface area contributed by atoms with E-state index in [4.69, 9.17) is 23.2 Å². The zero-order valence-electron chi connectivity index (χ0n) is 13.8. The van der Waals surface area contributed by atoms with Gasteiger partial charge >= 0.3 is 0 Å². The highest BCUT2D eigenvalue weighted by Gasteiger charge is 2.21. The molecule has 7 heteroatoms. The highest BCUT2D eigenvalue weighted by Crippen LogP contribution is 2.25. The van der Waals surface area contributed by atoms with Crippen LogP contribution in [0.25, 0.3) is 0 Å². The number of nitrogens with zero attached hydrogens (tertiary/aromatic N) is 3. The van der Waals surface area contributed by atoms with Crippen molar-refractivity contribution in [3.63, 3.8) is 0 Å². The molecule has 2 aromatic rings. The van der Waals surface area contributed by atoms with Gasteiger partial charge in [0.15, 0.2) is 5.84 Å². The van der Waals surface area contributed by atoms with Crippen LogP contribution in [0.1, 0.15) is 5.56 Å². The molecule has 1 N–H and O–H groups in total. The van der Waals surface area contributed by atoms with Gasteiger partial charge in [-0.1, -0.05) is 35.3 Å². The van der Waals surface area contributed by atoms with Crippen LogP contribution < -0.4 is 5.43 Å². The molecular formula is C18H19Cl2FN4. The van der Waals surface area contributed by atoms with Gasteiger partial charge in [-0.25, -0.2) is 4.39 Å². The highest BCUT2D eigenvalue weighted by atomic mass is 35.5. The summed E-state index contributed by atoms with van der Waals surface area (Å²) in [5.74, 6) is 0.265. The number of rotatable bonds is 3. The smallest absolute Gasteiger partial charge is 0.159 e. The molecule has 0 saturated carbocycles. The van der Waals surface area contributed by atoms with Gasteiger partial charge in [-0.05, 0) is 37.4 Å². The first-order valence-corrected chi connectivity index (χ1v) is 8.77. The number of halogens is 3. The van der Waals surface area contributed by atoms with E-state index in [9.17, 15) is 4.39 Å². The second-order valence-electron chi connectivity index (χ2n) is 5.94. The summed E-state index contributed by atoms with van der Waals surface area (Å²) in [6.45, 7) is 3.35. The summed E-state index contributed by atoms with van der Waals surface area (Å²) in [6, 6.07) is 11.8. The lowest BCUT2D eigenvalue weighted by molar-refractivity contribution is 0.215. The third-order valence-electron chi connectivity index (χ3n) is 4.13. The van der Waals surface area contributed by atoms with Crippen molar-refractivity contribution in [2.45, 2.75) is 0 Å².